The number of nitrogens with one attached hydrogen (secondary N) is 1. The van der Waals surface area contributed by atoms with Crippen molar-refractivity contribution in [1.82, 2.24) is 9.97 Å². The quantitative estimate of drug-likeness (QED) is 0.551. The summed E-state index contributed by atoms with van der Waals surface area (Å²) in [5.41, 5.74) is 1.69. The number of anilines is 1. The van der Waals surface area contributed by atoms with Gasteiger partial charge in [0.1, 0.15) is 17.3 Å². The van der Waals surface area contributed by atoms with Gasteiger partial charge in [-0.05, 0) is 48.4 Å². The van der Waals surface area contributed by atoms with Crippen molar-refractivity contribution < 1.29 is 14.6 Å². The van der Waals surface area contributed by atoms with E-state index in [0.717, 1.165) is 16.5 Å². The number of aromatic nitrogens is 2. The van der Waals surface area contributed by atoms with E-state index < -0.39 is 0 Å². The summed E-state index contributed by atoms with van der Waals surface area (Å²) < 4.78 is 10.6. The van der Waals surface area contributed by atoms with Crippen molar-refractivity contribution >= 4 is 40.5 Å². The van der Waals surface area contributed by atoms with Crippen molar-refractivity contribution in [3.8, 4) is 11.5 Å². The Morgan fingerprint density at radius 2 is 1.79 bits per heavy atom. The Kier molecular flexibility index (Phi) is 6.68. The summed E-state index contributed by atoms with van der Waals surface area (Å²) in [5.74, 6) is 2.66. The van der Waals surface area contributed by atoms with Crippen molar-refractivity contribution in [3.63, 3.8) is 0 Å². The zero-order valence-corrected chi connectivity index (χ0v) is 16.5. The fraction of sp³-hybridized carbons (Fsp3) is 0.238. The number of rotatable bonds is 8. The number of hydrogen-bond donors (Lipinski definition) is 2. The molecule has 0 radical (unpaired) electrons. The molecule has 0 aliphatic heterocycles. The number of aliphatic hydroxyl groups is 1. The third kappa shape index (κ3) is 4.91. The molecule has 0 aliphatic carbocycles. The van der Waals surface area contributed by atoms with Crippen LogP contribution in [0.25, 0.3) is 23.1 Å². The predicted molar refractivity (Wildman–Crippen MR) is 113 cm³/mol. The van der Waals surface area contributed by atoms with Crippen molar-refractivity contribution in [2.24, 2.45) is 0 Å². The van der Waals surface area contributed by atoms with Gasteiger partial charge < -0.3 is 19.9 Å². The molecule has 7 heteroatoms. The second-order valence-corrected chi connectivity index (χ2v) is 6.51. The first-order valence-corrected chi connectivity index (χ1v) is 9.24. The van der Waals surface area contributed by atoms with Gasteiger partial charge in [-0.15, -0.1) is 0 Å². The van der Waals surface area contributed by atoms with Gasteiger partial charge in [-0.1, -0.05) is 17.7 Å². The second-order valence-electron chi connectivity index (χ2n) is 6.08. The van der Waals surface area contributed by atoms with Gasteiger partial charge in [0.15, 0.2) is 5.82 Å². The topological polar surface area (TPSA) is 76.5 Å². The van der Waals surface area contributed by atoms with E-state index in [4.69, 9.17) is 26.2 Å². The molecule has 1 aromatic heterocycles. The molecule has 0 unspecified atom stereocenters. The average molecular weight is 400 g/mol. The molecule has 146 valence electrons. The van der Waals surface area contributed by atoms with Crippen LogP contribution in [0.1, 0.15) is 17.8 Å². The first-order chi connectivity index (χ1) is 13.6. The first kappa shape index (κ1) is 19.9. The minimum absolute atomic E-state index is 0.112. The van der Waals surface area contributed by atoms with Crippen LogP contribution in [0.2, 0.25) is 5.02 Å². The van der Waals surface area contributed by atoms with Gasteiger partial charge >= 0.3 is 0 Å². The van der Waals surface area contributed by atoms with E-state index in [1.54, 1.807) is 20.3 Å². The number of halogens is 1. The van der Waals surface area contributed by atoms with Crippen LogP contribution in [0.4, 0.5) is 5.82 Å². The van der Waals surface area contributed by atoms with Gasteiger partial charge in [0.2, 0.25) is 0 Å². The average Bonchev–Trinajstić information content (AvgIpc) is 2.72. The van der Waals surface area contributed by atoms with E-state index in [0.29, 0.717) is 41.1 Å². The van der Waals surface area contributed by atoms with Gasteiger partial charge in [0.25, 0.3) is 0 Å². The fourth-order valence-electron chi connectivity index (χ4n) is 2.71. The molecule has 6 nitrogen and oxygen atoms in total. The molecule has 3 aromatic rings. The summed E-state index contributed by atoms with van der Waals surface area (Å²) in [5, 5.41) is 13.7. The summed E-state index contributed by atoms with van der Waals surface area (Å²) in [7, 11) is 3.23. The molecule has 3 rings (SSSR count). The lowest BCUT2D eigenvalue weighted by Crippen LogP contribution is -2.07. The van der Waals surface area contributed by atoms with Crippen LogP contribution in [0.3, 0.4) is 0 Å². The van der Waals surface area contributed by atoms with Crippen LogP contribution in [0, 0.1) is 0 Å². The molecular formula is C21H22ClN3O3. The predicted octanol–water partition coefficient (Wildman–Crippen LogP) is 4.27. The molecule has 0 fully saturated rings. The molecule has 0 amide bonds. The zero-order valence-electron chi connectivity index (χ0n) is 15.8. The Balaban J connectivity index is 1.96. The molecule has 28 heavy (non-hydrogen) atoms. The number of fused-ring (bicyclic) bond motifs is 1. The van der Waals surface area contributed by atoms with Gasteiger partial charge in [0, 0.05) is 29.6 Å². The van der Waals surface area contributed by atoms with E-state index in [-0.39, 0.29) is 6.61 Å². The van der Waals surface area contributed by atoms with E-state index >= 15 is 0 Å². The zero-order chi connectivity index (χ0) is 19.9. The highest BCUT2D eigenvalue weighted by atomic mass is 35.5. The van der Waals surface area contributed by atoms with Crippen LogP contribution in [0.15, 0.2) is 36.4 Å². The van der Waals surface area contributed by atoms with Crippen molar-refractivity contribution in [2.45, 2.75) is 6.42 Å². The minimum Gasteiger partial charge on any atom is -0.497 e. The highest BCUT2D eigenvalue weighted by Crippen LogP contribution is 2.26. The number of methoxy groups -OCH3 is 2. The van der Waals surface area contributed by atoms with Gasteiger partial charge in [-0.25, -0.2) is 9.97 Å². The Labute approximate surface area is 168 Å². The molecular weight excluding hydrogens is 378 g/mol. The van der Waals surface area contributed by atoms with Crippen LogP contribution < -0.4 is 14.8 Å². The first-order valence-electron chi connectivity index (χ1n) is 8.86. The van der Waals surface area contributed by atoms with Crippen LogP contribution in [-0.4, -0.2) is 42.4 Å². The third-order valence-corrected chi connectivity index (χ3v) is 4.34. The van der Waals surface area contributed by atoms with E-state index in [1.165, 1.54) is 0 Å². The molecule has 1 heterocycles. The van der Waals surface area contributed by atoms with Gasteiger partial charge in [0.05, 0.1) is 19.7 Å². The minimum atomic E-state index is 0.112. The lowest BCUT2D eigenvalue weighted by Gasteiger charge is -2.10. The van der Waals surface area contributed by atoms with E-state index in [1.807, 2.05) is 42.5 Å². The monoisotopic (exact) mass is 399 g/mol. The maximum absolute atomic E-state index is 9.03. The molecule has 0 aliphatic rings. The smallest absolute Gasteiger partial charge is 0.154 e. The number of hydrogen-bond acceptors (Lipinski definition) is 6. The van der Waals surface area contributed by atoms with Crippen molar-refractivity contribution in [2.75, 3.05) is 32.7 Å². The highest BCUT2D eigenvalue weighted by Gasteiger charge is 2.07. The molecule has 0 saturated heterocycles. The molecule has 0 bridgehead atoms. The Hall–Kier alpha value is -2.83. The van der Waals surface area contributed by atoms with E-state index in [9.17, 15) is 0 Å². The normalized spacial score (nSPS) is 11.1. The Bertz CT molecular complexity index is 970. The van der Waals surface area contributed by atoms with Crippen molar-refractivity contribution in [1.29, 1.82) is 0 Å². The molecule has 0 saturated carbocycles. The maximum Gasteiger partial charge on any atom is 0.154 e. The standard InChI is InChI=1S/C21H22ClN3O3/c1-27-16-10-14(11-17(13-16)28-2)4-7-20-24-19-6-5-15(22)12-18(19)21(25-20)23-8-3-9-26/h4-7,10-13,26H,3,8-9H2,1-2H3,(H,23,24,25)/b7-4+. The lowest BCUT2D eigenvalue weighted by molar-refractivity contribution is 0.292. The summed E-state index contributed by atoms with van der Waals surface area (Å²) in [4.78, 5) is 9.20. The van der Waals surface area contributed by atoms with Crippen LogP contribution >= 0.6 is 11.6 Å². The molecule has 0 spiro atoms. The van der Waals surface area contributed by atoms with Crippen molar-refractivity contribution in [3.05, 3.63) is 52.8 Å². The summed E-state index contributed by atoms with van der Waals surface area (Å²) in [6.07, 6.45) is 4.36. The van der Waals surface area contributed by atoms with Gasteiger partial charge in [-0.2, -0.15) is 0 Å². The Morgan fingerprint density at radius 1 is 1.04 bits per heavy atom. The Morgan fingerprint density at radius 3 is 2.46 bits per heavy atom. The third-order valence-electron chi connectivity index (χ3n) is 4.10. The molecule has 2 aromatic carbocycles. The number of aliphatic hydroxyl groups excluding tert-OH is 1. The van der Waals surface area contributed by atoms with Crippen LogP contribution in [-0.2, 0) is 0 Å². The largest absolute Gasteiger partial charge is 0.497 e. The van der Waals surface area contributed by atoms with E-state index in [2.05, 4.69) is 15.3 Å². The summed E-state index contributed by atoms with van der Waals surface area (Å²) in [6, 6.07) is 11.1. The fourth-order valence-corrected chi connectivity index (χ4v) is 2.88. The number of ether oxygens (including phenoxy) is 2. The highest BCUT2D eigenvalue weighted by molar-refractivity contribution is 6.31. The molecule has 0 atom stereocenters. The number of nitrogens with zero attached hydrogens (tertiary/aromatic N) is 2. The lowest BCUT2D eigenvalue weighted by atomic mass is 10.1. The number of benzene rings is 2. The SMILES string of the molecule is COc1cc(/C=C/c2nc(NCCCO)c3cc(Cl)ccc3n2)cc(OC)c1. The maximum atomic E-state index is 9.03. The molecule has 2 N–H and O–H groups in total. The second kappa shape index (κ2) is 9.39. The van der Waals surface area contributed by atoms with Crippen LogP contribution in [0.5, 0.6) is 11.5 Å². The summed E-state index contributed by atoms with van der Waals surface area (Å²) >= 11 is 6.13. The van der Waals surface area contributed by atoms with Gasteiger partial charge in [-0.3, -0.25) is 0 Å². The summed E-state index contributed by atoms with van der Waals surface area (Å²) in [6.45, 7) is 0.715.